The Morgan fingerprint density at radius 2 is 1.90 bits per heavy atom. The number of aliphatic hydroxyl groups is 1. The maximum absolute atomic E-state index is 13.2. The molecule has 0 bridgehead atoms. The Morgan fingerprint density at radius 3 is 2.45 bits per heavy atom. The van der Waals surface area contributed by atoms with Crippen molar-refractivity contribution in [3.63, 3.8) is 0 Å². The zero-order valence-corrected chi connectivity index (χ0v) is 12.2. The summed E-state index contributed by atoms with van der Waals surface area (Å²) >= 11 is 3.23. The summed E-state index contributed by atoms with van der Waals surface area (Å²) in [5, 5.41) is 14.3. The highest BCUT2D eigenvalue weighted by molar-refractivity contribution is 9.10. The summed E-state index contributed by atoms with van der Waals surface area (Å²) in [6, 6.07) is 1.55. The van der Waals surface area contributed by atoms with Crippen LogP contribution in [0.15, 0.2) is 22.8 Å². The standard InChI is InChI=1S/C13H12BrF3N2O/c1-2-3-19-12(8(14)6-18-19)13(20)7-4-9(15)11(17)10(16)5-7/h4-6,13,20H,2-3H2,1H3. The smallest absolute Gasteiger partial charge is 0.194 e. The van der Waals surface area contributed by atoms with E-state index in [-0.39, 0.29) is 5.56 Å². The number of hydrogen-bond donors (Lipinski definition) is 1. The van der Waals surface area contributed by atoms with Crippen molar-refractivity contribution in [1.29, 1.82) is 0 Å². The lowest BCUT2D eigenvalue weighted by atomic mass is 10.1. The Balaban J connectivity index is 2.46. The predicted octanol–water partition coefficient (Wildman–Crippen LogP) is 3.55. The SMILES string of the molecule is CCCn1ncc(Br)c1C(O)c1cc(F)c(F)c(F)c1. The molecular weight excluding hydrogens is 337 g/mol. The molecule has 0 aliphatic carbocycles. The molecule has 0 amide bonds. The summed E-state index contributed by atoms with van der Waals surface area (Å²) in [5.41, 5.74) is 0.303. The molecule has 108 valence electrons. The van der Waals surface area contributed by atoms with E-state index in [0.29, 0.717) is 16.7 Å². The Morgan fingerprint density at radius 1 is 1.30 bits per heavy atom. The van der Waals surface area contributed by atoms with Gasteiger partial charge in [-0.3, -0.25) is 4.68 Å². The van der Waals surface area contributed by atoms with Crippen LogP contribution in [-0.2, 0) is 6.54 Å². The summed E-state index contributed by atoms with van der Waals surface area (Å²) in [7, 11) is 0. The van der Waals surface area contributed by atoms with Crippen LogP contribution in [0.1, 0.15) is 30.7 Å². The fourth-order valence-electron chi connectivity index (χ4n) is 1.92. The summed E-state index contributed by atoms with van der Waals surface area (Å²) < 4.78 is 41.5. The zero-order chi connectivity index (χ0) is 14.9. The first-order chi connectivity index (χ1) is 9.45. The summed E-state index contributed by atoms with van der Waals surface area (Å²) in [6.07, 6.45) is 0.966. The molecule has 1 N–H and O–H groups in total. The minimum atomic E-state index is -1.55. The highest BCUT2D eigenvalue weighted by Gasteiger charge is 2.22. The second-order valence-corrected chi connectivity index (χ2v) is 5.16. The minimum Gasteiger partial charge on any atom is -0.382 e. The number of halogens is 4. The van der Waals surface area contributed by atoms with Crippen LogP contribution in [0.4, 0.5) is 13.2 Å². The van der Waals surface area contributed by atoms with Crippen LogP contribution in [0.3, 0.4) is 0 Å². The van der Waals surface area contributed by atoms with E-state index in [0.717, 1.165) is 18.6 Å². The molecule has 0 saturated carbocycles. The first-order valence-electron chi connectivity index (χ1n) is 5.99. The van der Waals surface area contributed by atoms with Gasteiger partial charge in [-0.2, -0.15) is 5.10 Å². The van der Waals surface area contributed by atoms with Crippen molar-refractivity contribution in [2.24, 2.45) is 0 Å². The topological polar surface area (TPSA) is 38.0 Å². The molecule has 1 unspecified atom stereocenters. The molecule has 1 aromatic carbocycles. The first kappa shape index (κ1) is 15.1. The number of hydrogen-bond acceptors (Lipinski definition) is 2. The van der Waals surface area contributed by atoms with E-state index in [1.54, 1.807) is 0 Å². The lowest BCUT2D eigenvalue weighted by Crippen LogP contribution is -2.11. The summed E-state index contributed by atoms with van der Waals surface area (Å²) in [5.74, 6) is -4.23. The Bertz CT molecular complexity index is 607. The fraction of sp³-hybridized carbons (Fsp3) is 0.308. The van der Waals surface area contributed by atoms with E-state index >= 15 is 0 Å². The third-order valence-corrected chi connectivity index (χ3v) is 3.46. The Kier molecular flexibility index (Phi) is 4.49. The second-order valence-electron chi connectivity index (χ2n) is 4.30. The molecule has 0 aliphatic rings. The first-order valence-corrected chi connectivity index (χ1v) is 6.78. The van der Waals surface area contributed by atoms with Crippen LogP contribution in [0, 0.1) is 17.5 Å². The highest BCUT2D eigenvalue weighted by Crippen LogP contribution is 2.30. The van der Waals surface area contributed by atoms with Gasteiger partial charge in [0.25, 0.3) is 0 Å². The average molecular weight is 349 g/mol. The van der Waals surface area contributed by atoms with E-state index in [9.17, 15) is 18.3 Å². The van der Waals surface area contributed by atoms with Gasteiger partial charge in [-0.25, -0.2) is 13.2 Å². The van der Waals surface area contributed by atoms with Gasteiger partial charge >= 0.3 is 0 Å². The van der Waals surface area contributed by atoms with Gasteiger partial charge in [0.05, 0.1) is 16.4 Å². The van der Waals surface area contributed by atoms with Gasteiger partial charge in [0.1, 0.15) is 6.10 Å². The lowest BCUT2D eigenvalue weighted by Gasteiger charge is -2.15. The predicted molar refractivity (Wildman–Crippen MR) is 70.6 cm³/mol. The van der Waals surface area contributed by atoms with E-state index < -0.39 is 23.6 Å². The van der Waals surface area contributed by atoms with Gasteiger partial charge in [0, 0.05) is 6.54 Å². The number of aromatic nitrogens is 2. The van der Waals surface area contributed by atoms with E-state index in [1.165, 1.54) is 10.9 Å². The van der Waals surface area contributed by atoms with Crippen LogP contribution < -0.4 is 0 Å². The normalized spacial score (nSPS) is 12.7. The minimum absolute atomic E-state index is 0.0695. The third kappa shape index (κ3) is 2.73. The monoisotopic (exact) mass is 348 g/mol. The largest absolute Gasteiger partial charge is 0.382 e. The molecular formula is C13H12BrF3N2O. The summed E-state index contributed by atoms with van der Waals surface area (Å²) in [4.78, 5) is 0. The molecule has 0 spiro atoms. The van der Waals surface area contributed by atoms with Gasteiger partial charge < -0.3 is 5.11 Å². The lowest BCUT2D eigenvalue weighted by molar-refractivity contribution is 0.205. The quantitative estimate of drug-likeness (QED) is 0.858. The van der Waals surface area contributed by atoms with Gasteiger partial charge in [-0.15, -0.1) is 0 Å². The summed E-state index contributed by atoms with van der Waals surface area (Å²) in [6.45, 7) is 2.48. The maximum Gasteiger partial charge on any atom is 0.194 e. The second kappa shape index (κ2) is 5.97. The number of aliphatic hydroxyl groups excluding tert-OH is 1. The highest BCUT2D eigenvalue weighted by atomic mass is 79.9. The van der Waals surface area contributed by atoms with Crippen molar-refractivity contribution in [3.8, 4) is 0 Å². The molecule has 0 radical (unpaired) electrons. The van der Waals surface area contributed by atoms with Crippen LogP contribution >= 0.6 is 15.9 Å². The van der Waals surface area contributed by atoms with E-state index in [2.05, 4.69) is 21.0 Å². The van der Waals surface area contributed by atoms with Crippen molar-refractivity contribution in [1.82, 2.24) is 9.78 Å². The fourth-order valence-corrected chi connectivity index (χ4v) is 2.44. The molecule has 1 heterocycles. The van der Waals surface area contributed by atoms with Crippen molar-refractivity contribution in [2.45, 2.75) is 26.0 Å². The van der Waals surface area contributed by atoms with Gasteiger partial charge in [0.2, 0.25) is 0 Å². The molecule has 20 heavy (non-hydrogen) atoms. The number of rotatable bonds is 4. The zero-order valence-electron chi connectivity index (χ0n) is 10.6. The van der Waals surface area contributed by atoms with Crippen LogP contribution in [0.5, 0.6) is 0 Å². The molecule has 2 aromatic rings. The van der Waals surface area contributed by atoms with Crippen molar-refractivity contribution >= 4 is 15.9 Å². The third-order valence-electron chi connectivity index (χ3n) is 2.85. The number of aryl methyl sites for hydroxylation is 1. The Labute approximate surface area is 122 Å². The molecule has 7 heteroatoms. The van der Waals surface area contributed by atoms with Gasteiger partial charge in [-0.1, -0.05) is 6.92 Å². The van der Waals surface area contributed by atoms with Crippen LogP contribution in [0.25, 0.3) is 0 Å². The van der Waals surface area contributed by atoms with E-state index in [1.807, 2.05) is 6.92 Å². The van der Waals surface area contributed by atoms with Gasteiger partial charge in [0.15, 0.2) is 17.5 Å². The van der Waals surface area contributed by atoms with E-state index in [4.69, 9.17) is 0 Å². The van der Waals surface area contributed by atoms with Crippen molar-refractivity contribution in [2.75, 3.05) is 0 Å². The molecule has 1 atom stereocenters. The van der Waals surface area contributed by atoms with Crippen LogP contribution in [0.2, 0.25) is 0 Å². The molecule has 0 saturated heterocycles. The Hall–Kier alpha value is -1.34. The van der Waals surface area contributed by atoms with Crippen molar-refractivity contribution in [3.05, 3.63) is 51.5 Å². The van der Waals surface area contributed by atoms with Crippen LogP contribution in [-0.4, -0.2) is 14.9 Å². The van der Waals surface area contributed by atoms with Gasteiger partial charge in [-0.05, 0) is 40.0 Å². The molecule has 2 rings (SSSR count). The molecule has 0 aliphatic heterocycles. The average Bonchev–Trinajstić information content (AvgIpc) is 2.76. The maximum atomic E-state index is 13.2. The molecule has 0 fully saturated rings. The molecule has 3 nitrogen and oxygen atoms in total. The number of benzene rings is 1. The van der Waals surface area contributed by atoms with Crippen molar-refractivity contribution < 1.29 is 18.3 Å². The number of nitrogens with zero attached hydrogens (tertiary/aromatic N) is 2. The molecule has 1 aromatic heterocycles.